The van der Waals surface area contributed by atoms with Gasteiger partial charge in [-0.25, -0.2) is 4.68 Å². The first-order valence-corrected chi connectivity index (χ1v) is 8.09. The van der Waals surface area contributed by atoms with Gasteiger partial charge in [0.1, 0.15) is 5.82 Å². The number of amides is 1. The fourth-order valence-electron chi connectivity index (χ4n) is 2.51. The van der Waals surface area contributed by atoms with Crippen LogP contribution < -0.4 is 5.32 Å². The summed E-state index contributed by atoms with van der Waals surface area (Å²) in [5.74, 6) is -1.15. The normalized spacial score (nSPS) is 10.4. The van der Waals surface area contributed by atoms with Crippen molar-refractivity contribution >= 4 is 23.2 Å². The summed E-state index contributed by atoms with van der Waals surface area (Å²) in [6.45, 7) is 3.62. The molecule has 136 valence electrons. The van der Waals surface area contributed by atoms with Crippen LogP contribution in [-0.2, 0) is 4.79 Å². The first-order valence-electron chi connectivity index (χ1n) is 8.09. The number of rotatable bonds is 5. The van der Waals surface area contributed by atoms with Crippen LogP contribution in [0.4, 0.5) is 11.5 Å². The van der Waals surface area contributed by atoms with Gasteiger partial charge >= 0.3 is 0 Å². The maximum Gasteiger partial charge on any atom is 0.297 e. The fraction of sp³-hybridized carbons (Fsp3) is 0.105. The molecule has 8 nitrogen and oxygen atoms in total. The zero-order valence-corrected chi connectivity index (χ0v) is 14.7. The summed E-state index contributed by atoms with van der Waals surface area (Å²) in [7, 11) is 0. The SMILES string of the molecule is Cc1ccc(C(=O)C(=O)Nc2cc(C)nn2-c2ccc([N+](=O)[O-])cc2)cc1. The second kappa shape index (κ2) is 7.20. The van der Waals surface area contributed by atoms with Gasteiger partial charge in [0, 0.05) is 23.8 Å². The Bertz CT molecular complexity index is 1020. The van der Waals surface area contributed by atoms with Gasteiger partial charge < -0.3 is 5.32 Å². The van der Waals surface area contributed by atoms with Crippen LogP contribution in [0.1, 0.15) is 21.6 Å². The van der Waals surface area contributed by atoms with E-state index in [4.69, 9.17) is 0 Å². The number of Topliss-reactive ketones (excluding diaryl/α,β-unsaturated/α-hetero) is 1. The molecule has 3 rings (SSSR count). The molecule has 2 aromatic carbocycles. The lowest BCUT2D eigenvalue weighted by molar-refractivity contribution is -0.384. The van der Waals surface area contributed by atoms with Crippen molar-refractivity contribution in [2.45, 2.75) is 13.8 Å². The van der Waals surface area contributed by atoms with E-state index in [9.17, 15) is 19.7 Å². The first kappa shape index (κ1) is 18.0. The molecule has 0 fully saturated rings. The molecule has 0 aliphatic carbocycles. The molecule has 27 heavy (non-hydrogen) atoms. The Morgan fingerprint density at radius 1 is 1.04 bits per heavy atom. The lowest BCUT2D eigenvalue weighted by Gasteiger charge is -2.08. The van der Waals surface area contributed by atoms with E-state index in [0.717, 1.165) is 5.56 Å². The zero-order valence-electron chi connectivity index (χ0n) is 14.7. The van der Waals surface area contributed by atoms with Gasteiger partial charge in [-0.3, -0.25) is 19.7 Å². The van der Waals surface area contributed by atoms with Crippen molar-refractivity contribution < 1.29 is 14.5 Å². The number of carbonyl (C=O) groups is 2. The largest absolute Gasteiger partial charge is 0.304 e. The van der Waals surface area contributed by atoms with Crippen LogP contribution in [0, 0.1) is 24.0 Å². The van der Waals surface area contributed by atoms with E-state index < -0.39 is 16.6 Å². The Morgan fingerprint density at radius 3 is 2.26 bits per heavy atom. The summed E-state index contributed by atoms with van der Waals surface area (Å²) in [5.41, 5.74) is 2.36. The summed E-state index contributed by atoms with van der Waals surface area (Å²) in [6.07, 6.45) is 0. The van der Waals surface area contributed by atoms with Crippen molar-refractivity contribution in [1.29, 1.82) is 0 Å². The highest BCUT2D eigenvalue weighted by Gasteiger charge is 2.19. The predicted octanol–water partition coefficient (Wildman–Crippen LogP) is 3.22. The van der Waals surface area contributed by atoms with E-state index in [-0.39, 0.29) is 11.3 Å². The van der Waals surface area contributed by atoms with Gasteiger partial charge in [-0.2, -0.15) is 5.10 Å². The highest BCUT2D eigenvalue weighted by atomic mass is 16.6. The van der Waals surface area contributed by atoms with E-state index >= 15 is 0 Å². The van der Waals surface area contributed by atoms with Crippen LogP contribution in [-0.4, -0.2) is 26.4 Å². The van der Waals surface area contributed by atoms with Crippen molar-refractivity contribution in [2.75, 3.05) is 5.32 Å². The number of hydrogen-bond donors (Lipinski definition) is 1. The smallest absolute Gasteiger partial charge is 0.297 e. The van der Waals surface area contributed by atoms with Crippen molar-refractivity contribution in [3.8, 4) is 5.69 Å². The van der Waals surface area contributed by atoms with Crippen LogP contribution in [0.2, 0.25) is 0 Å². The highest BCUT2D eigenvalue weighted by molar-refractivity contribution is 6.46. The molecule has 0 bridgehead atoms. The maximum atomic E-state index is 12.3. The van der Waals surface area contributed by atoms with E-state index in [1.807, 2.05) is 6.92 Å². The van der Waals surface area contributed by atoms with Gasteiger partial charge in [0.05, 0.1) is 16.3 Å². The van der Waals surface area contributed by atoms with Crippen LogP contribution in [0.3, 0.4) is 0 Å². The average molecular weight is 364 g/mol. The van der Waals surface area contributed by atoms with Crippen LogP contribution in [0.25, 0.3) is 5.69 Å². The van der Waals surface area contributed by atoms with Crippen LogP contribution in [0.15, 0.2) is 54.6 Å². The van der Waals surface area contributed by atoms with Gasteiger partial charge in [-0.1, -0.05) is 29.8 Å². The molecule has 8 heteroatoms. The standard InChI is InChI=1S/C19H16N4O4/c1-12-3-5-14(6-4-12)18(24)19(25)20-17-11-13(2)21-22(17)15-7-9-16(10-8-15)23(26)27/h3-11H,1-2H3,(H,20,25). The molecule has 0 radical (unpaired) electrons. The Morgan fingerprint density at radius 2 is 1.67 bits per heavy atom. The summed E-state index contributed by atoms with van der Waals surface area (Å²) < 4.78 is 1.42. The number of anilines is 1. The Hall–Kier alpha value is -3.81. The number of aromatic nitrogens is 2. The monoisotopic (exact) mass is 364 g/mol. The van der Waals surface area contributed by atoms with E-state index in [1.165, 1.54) is 28.9 Å². The molecular weight excluding hydrogens is 348 g/mol. The molecular formula is C19H16N4O4. The minimum atomic E-state index is -0.790. The molecule has 1 aromatic heterocycles. The average Bonchev–Trinajstić information content (AvgIpc) is 3.02. The third-order valence-corrected chi connectivity index (χ3v) is 3.90. The van der Waals surface area contributed by atoms with Crippen LogP contribution in [0.5, 0.6) is 0 Å². The maximum absolute atomic E-state index is 12.3. The summed E-state index contributed by atoms with van der Waals surface area (Å²) in [6, 6.07) is 14.0. The van der Waals surface area contributed by atoms with Gasteiger partial charge in [-0.15, -0.1) is 0 Å². The van der Waals surface area contributed by atoms with Gasteiger partial charge in [-0.05, 0) is 26.0 Å². The number of ketones is 1. The topological polar surface area (TPSA) is 107 Å². The molecule has 0 spiro atoms. The number of carbonyl (C=O) groups excluding carboxylic acids is 2. The molecule has 1 N–H and O–H groups in total. The molecule has 0 aliphatic rings. The van der Waals surface area contributed by atoms with Crippen molar-refractivity contribution in [3.63, 3.8) is 0 Å². The van der Waals surface area contributed by atoms with Crippen molar-refractivity contribution in [1.82, 2.24) is 9.78 Å². The predicted molar refractivity (Wildman–Crippen MR) is 99.1 cm³/mol. The molecule has 3 aromatic rings. The lowest BCUT2D eigenvalue weighted by atomic mass is 10.1. The number of nitrogens with one attached hydrogen (secondary N) is 1. The van der Waals surface area contributed by atoms with Gasteiger partial charge in [0.2, 0.25) is 0 Å². The fourth-order valence-corrected chi connectivity index (χ4v) is 2.51. The molecule has 1 amide bonds. The summed E-state index contributed by atoms with van der Waals surface area (Å²) in [4.78, 5) is 34.9. The molecule has 1 heterocycles. The molecule has 0 aliphatic heterocycles. The molecule has 0 saturated heterocycles. The lowest BCUT2D eigenvalue weighted by Crippen LogP contribution is -2.24. The third kappa shape index (κ3) is 3.90. The van der Waals surface area contributed by atoms with Crippen molar-refractivity contribution in [3.05, 3.63) is 81.5 Å². The van der Waals surface area contributed by atoms with E-state index in [2.05, 4.69) is 10.4 Å². The van der Waals surface area contributed by atoms with E-state index in [1.54, 1.807) is 37.3 Å². The van der Waals surface area contributed by atoms with E-state index in [0.29, 0.717) is 17.2 Å². The van der Waals surface area contributed by atoms with Crippen molar-refractivity contribution in [2.24, 2.45) is 0 Å². The van der Waals surface area contributed by atoms with Gasteiger partial charge in [0.25, 0.3) is 17.4 Å². The van der Waals surface area contributed by atoms with Crippen LogP contribution >= 0.6 is 0 Å². The minimum Gasteiger partial charge on any atom is -0.304 e. The number of aryl methyl sites for hydroxylation is 2. The Labute approximate surface area is 154 Å². The summed E-state index contributed by atoms with van der Waals surface area (Å²) >= 11 is 0. The Kier molecular flexibility index (Phi) is 4.80. The van der Waals surface area contributed by atoms with Gasteiger partial charge in [0.15, 0.2) is 0 Å². The number of benzene rings is 2. The number of nitrogens with zero attached hydrogens (tertiary/aromatic N) is 3. The molecule has 0 unspecified atom stereocenters. The zero-order chi connectivity index (χ0) is 19.6. The number of nitro benzene ring substituents is 1. The molecule has 0 atom stereocenters. The first-order chi connectivity index (χ1) is 12.8. The Balaban J connectivity index is 1.85. The highest BCUT2D eigenvalue weighted by Crippen LogP contribution is 2.20. The quantitative estimate of drug-likeness (QED) is 0.324. The number of hydrogen-bond acceptors (Lipinski definition) is 5. The minimum absolute atomic E-state index is 0.0530. The number of non-ortho nitro benzene ring substituents is 1. The third-order valence-electron chi connectivity index (χ3n) is 3.90. The second-order valence-corrected chi connectivity index (χ2v) is 6.01. The second-order valence-electron chi connectivity index (χ2n) is 6.01. The molecule has 0 saturated carbocycles. The number of nitro groups is 1. The summed E-state index contributed by atoms with van der Waals surface area (Å²) in [5, 5.41) is 17.6.